The van der Waals surface area contributed by atoms with Crippen LogP contribution in [0.4, 0.5) is 0 Å². The minimum atomic E-state index is -1.18. The number of carboxylic acids is 1. The van der Waals surface area contributed by atoms with Crippen molar-refractivity contribution in [3.8, 4) is 0 Å². The van der Waals surface area contributed by atoms with Gasteiger partial charge in [0, 0.05) is 13.1 Å². The lowest BCUT2D eigenvalue weighted by atomic mass is 9.95. The predicted octanol–water partition coefficient (Wildman–Crippen LogP) is 3.52. The highest BCUT2D eigenvalue weighted by Crippen LogP contribution is 2.29. The molecule has 23 heavy (non-hydrogen) atoms. The first-order valence-corrected chi connectivity index (χ1v) is 7.85. The van der Waals surface area contributed by atoms with Gasteiger partial charge in [-0.15, -0.1) is 0 Å². The fraction of sp³-hybridized carbons (Fsp3) is 0.235. The van der Waals surface area contributed by atoms with Gasteiger partial charge in [0.2, 0.25) is 0 Å². The van der Waals surface area contributed by atoms with E-state index in [0.717, 1.165) is 5.56 Å². The van der Waals surface area contributed by atoms with Crippen molar-refractivity contribution in [3.05, 3.63) is 69.7 Å². The molecular weight excluding hydrogens is 337 g/mol. The van der Waals surface area contributed by atoms with E-state index in [1.165, 1.54) is 6.07 Å². The number of carbonyl (C=O) groups is 1. The number of hydrogen-bond donors (Lipinski definition) is 3. The molecule has 0 heterocycles. The van der Waals surface area contributed by atoms with E-state index in [2.05, 4.69) is 5.32 Å². The number of aliphatic hydroxyl groups excluding tert-OH is 1. The van der Waals surface area contributed by atoms with Crippen LogP contribution in [-0.4, -0.2) is 22.7 Å². The first kappa shape index (κ1) is 17.8. The topological polar surface area (TPSA) is 69.6 Å². The lowest BCUT2D eigenvalue weighted by Crippen LogP contribution is -2.32. The van der Waals surface area contributed by atoms with E-state index in [9.17, 15) is 15.0 Å². The first-order chi connectivity index (χ1) is 11.0. The molecule has 0 aliphatic rings. The van der Waals surface area contributed by atoms with Crippen molar-refractivity contribution >= 4 is 29.2 Å². The Balaban J connectivity index is 2.02. The van der Waals surface area contributed by atoms with Crippen LogP contribution in [0.3, 0.4) is 0 Å². The Bertz CT molecular complexity index is 664. The summed E-state index contributed by atoms with van der Waals surface area (Å²) in [7, 11) is 0. The van der Waals surface area contributed by atoms with Crippen LogP contribution >= 0.6 is 23.2 Å². The second-order valence-corrected chi connectivity index (χ2v) is 5.99. The highest BCUT2D eigenvalue weighted by Gasteiger charge is 2.27. The molecule has 0 aliphatic heterocycles. The Morgan fingerprint density at radius 1 is 1.09 bits per heavy atom. The van der Waals surface area contributed by atoms with Gasteiger partial charge in [-0.1, -0.05) is 59.6 Å². The Morgan fingerprint density at radius 3 is 2.39 bits per heavy atom. The van der Waals surface area contributed by atoms with E-state index in [1.54, 1.807) is 12.1 Å². The molecule has 2 rings (SSSR count). The zero-order chi connectivity index (χ0) is 16.8. The fourth-order valence-electron chi connectivity index (χ4n) is 2.23. The normalized spacial score (nSPS) is 13.5. The molecule has 4 nitrogen and oxygen atoms in total. The monoisotopic (exact) mass is 353 g/mol. The van der Waals surface area contributed by atoms with E-state index in [1.807, 2.05) is 30.3 Å². The third kappa shape index (κ3) is 4.94. The highest BCUT2D eigenvalue weighted by molar-refractivity contribution is 6.42. The number of aliphatic carboxylic acids is 1. The van der Waals surface area contributed by atoms with E-state index < -0.39 is 18.0 Å². The molecule has 0 bridgehead atoms. The smallest absolute Gasteiger partial charge is 0.310 e. The van der Waals surface area contributed by atoms with Crippen LogP contribution in [0, 0.1) is 5.92 Å². The summed E-state index contributed by atoms with van der Waals surface area (Å²) in [5.74, 6) is -2.07. The fourth-order valence-corrected chi connectivity index (χ4v) is 2.54. The Morgan fingerprint density at radius 2 is 1.78 bits per heavy atom. The molecular formula is C17H17Cl2NO3. The maximum absolute atomic E-state index is 11.4. The summed E-state index contributed by atoms with van der Waals surface area (Å²) in [6, 6.07) is 14.2. The number of halogens is 2. The maximum Gasteiger partial charge on any atom is 0.310 e. The Labute approximate surface area is 144 Å². The lowest BCUT2D eigenvalue weighted by Gasteiger charge is -2.20. The summed E-state index contributed by atoms with van der Waals surface area (Å²) in [6.45, 7) is 0.657. The third-order valence-corrected chi connectivity index (χ3v) is 4.26. The van der Waals surface area contributed by atoms with Crippen molar-refractivity contribution in [1.29, 1.82) is 0 Å². The summed E-state index contributed by atoms with van der Waals surface area (Å²) in [4.78, 5) is 11.4. The van der Waals surface area contributed by atoms with Crippen molar-refractivity contribution in [2.45, 2.75) is 12.6 Å². The van der Waals surface area contributed by atoms with Gasteiger partial charge in [0.1, 0.15) is 0 Å². The number of hydrogen-bond acceptors (Lipinski definition) is 3. The summed E-state index contributed by atoms with van der Waals surface area (Å²) < 4.78 is 0. The molecule has 0 fully saturated rings. The third-order valence-electron chi connectivity index (χ3n) is 3.52. The molecule has 0 saturated heterocycles. The highest BCUT2D eigenvalue weighted by atomic mass is 35.5. The lowest BCUT2D eigenvalue weighted by molar-refractivity contribution is -0.145. The van der Waals surface area contributed by atoms with Crippen LogP contribution in [0.25, 0.3) is 0 Å². The molecule has 6 heteroatoms. The van der Waals surface area contributed by atoms with E-state index in [0.29, 0.717) is 17.1 Å². The molecule has 2 unspecified atom stereocenters. The van der Waals surface area contributed by atoms with Gasteiger partial charge in [0.15, 0.2) is 0 Å². The predicted molar refractivity (Wildman–Crippen MR) is 90.7 cm³/mol. The van der Waals surface area contributed by atoms with Crippen molar-refractivity contribution in [2.24, 2.45) is 5.92 Å². The molecule has 0 radical (unpaired) electrons. The molecule has 0 aliphatic carbocycles. The van der Waals surface area contributed by atoms with E-state index in [4.69, 9.17) is 23.2 Å². The summed E-state index contributed by atoms with van der Waals surface area (Å²) in [5.41, 5.74) is 1.47. The Hall–Kier alpha value is -1.59. The van der Waals surface area contributed by atoms with E-state index >= 15 is 0 Å². The second kappa shape index (κ2) is 8.31. The Kier molecular flexibility index (Phi) is 6.42. The SMILES string of the molecule is O=C(O)C(CNCc1ccccc1)C(O)c1ccc(Cl)c(Cl)c1. The van der Waals surface area contributed by atoms with Crippen LogP contribution in [0.1, 0.15) is 17.2 Å². The van der Waals surface area contributed by atoms with E-state index in [-0.39, 0.29) is 11.6 Å². The molecule has 2 aromatic carbocycles. The first-order valence-electron chi connectivity index (χ1n) is 7.09. The van der Waals surface area contributed by atoms with Crippen LogP contribution in [0.5, 0.6) is 0 Å². The number of nitrogens with one attached hydrogen (secondary N) is 1. The van der Waals surface area contributed by atoms with Gasteiger partial charge in [0.05, 0.1) is 22.1 Å². The standard InChI is InChI=1S/C17H17Cl2NO3/c18-14-7-6-12(8-15(14)19)16(21)13(17(22)23)10-20-9-11-4-2-1-3-5-11/h1-8,13,16,20-21H,9-10H2,(H,22,23). The molecule has 2 atom stereocenters. The van der Waals surface area contributed by atoms with Crippen LogP contribution in [0.15, 0.2) is 48.5 Å². The maximum atomic E-state index is 11.4. The van der Waals surface area contributed by atoms with Crippen molar-refractivity contribution in [2.75, 3.05) is 6.54 Å². The average molecular weight is 354 g/mol. The van der Waals surface area contributed by atoms with Gasteiger partial charge >= 0.3 is 5.97 Å². The molecule has 0 spiro atoms. The van der Waals surface area contributed by atoms with Crippen molar-refractivity contribution in [3.63, 3.8) is 0 Å². The average Bonchev–Trinajstić information content (AvgIpc) is 2.54. The number of benzene rings is 2. The van der Waals surface area contributed by atoms with Crippen LogP contribution in [0.2, 0.25) is 10.0 Å². The summed E-state index contributed by atoms with van der Waals surface area (Å²) in [5, 5.41) is 23.4. The molecule has 3 N–H and O–H groups in total. The molecule has 0 saturated carbocycles. The molecule has 2 aromatic rings. The van der Waals surface area contributed by atoms with Gasteiger partial charge < -0.3 is 15.5 Å². The van der Waals surface area contributed by atoms with Crippen molar-refractivity contribution < 1.29 is 15.0 Å². The summed E-state index contributed by atoms with van der Waals surface area (Å²) >= 11 is 11.8. The molecule has 0 amide bonds. The van der Waals surface area contributed by atoms with Gasteiger partial charge in [-0.05, 0) is 23.3 Å². The number of carboxylic acid groups (broad SMARTS) is 1. The number of aliphatic hydroxyl groups is 1. The summed E-state index contributed by atoms with van der Waals surface area (Å²) in [6.07, 6.45) is -1.18. The molecule has 0 aromatic heterocycles. The van der Waals surface area contributed by atoms with Gasteiger partial charge in [0.25, 0.3) is 0 Å². The zero-order valence-corrected chi connectivity index (χ0v) is 13.8. The molecule has 122 valence electrons. The van der Waals surface area contributed by atoms with Gasteiger partial charge in [-0.3, -0.25) is 4.79 Å². The minimum Gasteiger partial charge on any atom is -0.481 e. The minimum absolute atomic E-state index is 0.131. The zero-order valence-electron chi connectivity index (χ0n) is 12.2. The quantitative estimate of drug-likeness (QED) is 0.712. The van der Waals surface area contributed by atoms with Crippen LogP contribution in [-0.2, 0) is 11.3 Å². The van der Waals surface area contributed by atoms with Crippen molar-refractivity contribution in [1.82, 2.24) is 5.32 Å². The van der Waals surface area contributed by atoms with Gasteiger partial charge in [-0.2, -0.15) is 0 Å². The number of rotatable bonds is 7. The van der Waals surface area contributed by atoms with Gasteiger partial charge in [-0.25, -0.2) is 0 Å². The van der Waals surface area contributed by atoms with Crippen LogP contribution < -0.4 is 5.32 Å². The largest absolute Gasteiger partial charge is 0.481 e. The second-order valence-electron chi connectivity index (χ2n) is 5.18.